The predicted molar refractivity (Wildman–Crippen MR) is 78.5 cm³/mol. The second-order valence-corrected chi connectivity index (χ2v) is 5.62. The topological polar surface area (TPSA) is 46.6 Å². The number of nitrogens with zero attached hydrogens (tertiary/aromatic N) is 1. The van der Waals surface area contributed by atoms with Gasteiger partial charge in [0.2, 0.25) is 5.91 Å². The van der Waals surface area contributed by atoms with Gasteiger partial charge in [0.25, 0.3) is 5.91 Å². The first-order valence-corrected chi connectivity index (χ1v) is 7.00. The number of imide groups is 1. The van der Waals surface area contributed by atoms with E-state index in [9.17, 15) is 22.8 Å². The van der Waals surface area contributed by atoms with Crippen LogP contribution in [0.15, 0.2) is 29.3 Å². The molecular formula is C15H13ClF3NO3. The van der Waals surface area contributed by atoms with E-state index in [-0.39, 0.29) is 22.9 Å². The predicted octanol–water partition coefficient (Wildman–Crippen LogP) is 3.88. The molecule has 0 saturated carbocycles. The normalized spacial score (nSPS) is 15.4. The molecule has 8 heteroatoms. The summed E-state index contributed by atoms with van der Waals surface area (Å²) in [5.74, 6) is -1.18. The minimum Gasteiger partial charge on any atom is -0.482 e. The smallest absolute Gasteiger partial charge is 0.422 e. The van der Waals surface area contributed by atoms with Crippen LogP contribution in [0.1, 0.15) is 20.3 Å². The fourth-order valence-corrected chi connectivity index (χ4v) is 2.28. The highest BCUT2D eigenvalue weighted by Crippen LogP contribution is 2.34. The van der Waals surface area contributed by atoms with E-state index in [4.69, 9.17) is 11.6 Å². The zero-order valence-electron chi connectivity index (χ0n) is 12.3. The minimum atomic E-state index is -4.52. The van der Waals surface area contributed by atoms with Gasteiger partial charge in [-0.05, 0) is 26.0 Å². The number of halogens is 4. The molecule has 1 aliphatic rings. The van der Waals surface area contributed by atoms with Crippen LogP contribution in [0, 0.1) is 0 Å². The molecule has 2 rings (SSSR count). The van der Waals surface area contributed by atoms with Gasteiger partial charge in [-0.1, -0.05) is 17.2 Å². The van der Waals surface area contributed by atoms with Crippen LogP contribution in [0.25, 0.3) is 0 Å². The number of hydrogen-bond donors (Lipinski definition) is 0. The van der Waals surface area contributed by atoms with Crippen molar-refractivity contribution in [1.82, 2.24) is 0 Å². The van der Waals surface area contributed by atoms with Crippen molar-refractivity contribution >= 4 is 29.1 Å². The molecule has 4 nitrogen and oxygen atoms in total. The Morgan fingerprint density at radius 3 is 2.48 bits per heavy atom. The Kier molecular flexibility index (Phi) is 4.70. The zero-order chi connectivity index (χ0) is 17.4. The van der Waals surface area contributed by atoms with Crippen molar-refractivity contribution in [3.05, 3.63) is 34.4 Å². The summed E-state index contributed by atoms with van der Waals surface area (Å²) in [5.41, 5.74) is 1.22. The lowest BCUT2D eigenvalue weighted by Gasteiger charge is -2.16. The number of ether oxygens (including phenoxy) is 1. The quantitative estimate of drug-likeness (QED) is 0.615. The average molecular weight is 348 g/mol. The Balaban J connectivity index is 2.33. The summed E-state index contributed by atoms with van der Waals surface area (Å²) in [6.45, 7) is 1.91. The van der Waals surface area contributed by atoms with Gasteiger partial charge < -0.3 is 4.74 Å². The molecular weight excluding hydrogens is 335 g/mol. The van der Waals surface area contributed by atoms with Crippen molar-refractivity contribution < 1.29 is 27.5 Å². The molecule has 1 aromatic carbocycles. The fraction of sp³-hybridized carbons (Fsp3) is 0.333. The number of rotatable bonds is 3. The van der Waals surface area contributed by atoms with E-state index in [1.807, 2.05) is 0 Å². The second-order valence-electron chi connectivity index (χ2n) is 5.21. The van der Waals surface area contributed by atoms with Gasteiger partial charge in [0, 0.05) is 11.6 Å². The van der Waals surface area contributed by atoms with Gasteiger partial charge in [0.1, 0.15) is 5.75 Å². The van der Waals surface area contributed by atoms with Gasteiger partial charge in [0.05, 0.1) is 17.1 Å². The molecule has 0 N–H and O–H groups in total. The molecule has 1 fully saturated rings. The number of allylic oxidation sites excluding steroid dienone is 1. The summed E-state index contributed by atoms with van der Waals surface area (Å²) in [6, 6.07) is 3.81. The van der Waals surface area contributed by atoms with Gasteiger partial charge in [-0.2, -0.15) is 13.2 Å². The van der Waals surface area contributed by atoms with E-state index >= 15 is 0 Å². The molecule has 0 atom stereocenters. The summed E-state index contributed by atoms with van der Waals surface area (Å²) >= 11 is 5.79. The Morgan fingerprint density at radius 1 is 1.30 bits per heavy atom. The standard InChI is InChI=1S/C15H13ClF3NO3/c1-8(2)10-6-13(21)20(14(10)22)9-3-4-11(16)12(5-9)23-7-15(17,18)19/h3-5H,6-7H2,1-2H3. The molecule has 124 valence electrons. The highest BCUT2D eigenvalue weighted by atomic mass is 35.5. The lowest BCUT2D eigenvalue weighted by atomic mass is 10.1. The molecule has 0 radical (unpaired) electrons. The van der Waals surface area contributed by atoms with Crippen molar-refractivity contribution in [2.75, 3.05) is 11.5 Å². The molecule has 0 spiro atoms. The van der Waals surface area contributed by atoms with E-state index in [0.717, 1.165) is 11.0 Å². The lowest BCUT2D eigenvalue weighted by Crippen LogP contribution is -2.29. The zero-order valence-corrected chi connectivity index (χ0v) is 13.1. The number of hydrogen-bond acceptors (Lipinski definition) is 3. The number of benzene rings is 1. The third kappa shape index (κ3) is 3.85. The largest absolute Gasteiger partial charge is 0.482 e. The van der Waals surface area contributed by atoms with Crippen LogP contribution in [0.3, 0.4) is 0 Å². The van der Waals surface area contributed by atoms with Crippen molar-refractivity contribution in [3.8, 4) is 5.75 Å². The van der Waals surface area contributed by atoms with Crippen LogP contribution in [-0.4, -0.2) is 24.6 Å². The molecule has 23 heavy (non-hydrogen) atoms. The third-order valence-electron chi connectivity index (χ3n) is 3.21. The maximum Gasteiger partial charge on any atom is 0.422 e. The summed E-state index contributed by atoms with van der Waals surface area (Å²) < 4.78 is 41.4. The fourth-order valence-electron chi connectivity index (χ4n) is 2.11. The van der Waals surface area contributed by atoms with Crippen molar-refractivity contribution in [3.63, 3.8) is 0 Å². The van der Waals surface area contributed by atoms with Crippen LogP contribution < -0.4 is 9.64 Å². The van der Waals surface area contributed by atoms with Gasteiger partial charge in [0.15, 0.2) is 6.61 Å². The summed E-state index contributed by atoms with van der Waals surface area (Å²) in [7, 11) is 0. The minimum absolute atomic E-state index is 0.0392. The highest BCUT2D eigenvalue weighted by molar-refractivity contribution is 6.32. The summed E-state index contributed by atoms with van der Waals surface area (Å²) in [4.78, 5) is 25.2. The second kappa shape index (κ2) is 6.23. The maximum atomic E-state index is 12.3. The summed E-state index contributed by atoms with van der Waals surface area (Å²) in [5, 5.41) is -0.0421. The molecule has 1 heterocycles. The molecule has 2 amide bonds. The Morgan fingerprint density at radius 2 is 1.96 bits per heavy atom. The van der Waals surface area contributed by atoms with Crippen LogP contribution in [0.5, 0.6) is 5.75 Å². The third-order valence-corrected chi connectivity index (χ3v) is 3.52. The molecule has 0 unspecified atom stereocenters. The monoisotopic (exact) mass is 347 g/mol. The van der Waals surface area contributed by atoms with Crippen molar-refractivity contribution in [1.29, 1.82) is 0 Å². The molecule has 0 aromatic heterocycles. The van der Waals surface area contributed by atoms with E-state index in [0.29, 0.717) is 11.1 Å². The number of alkyl halides is 3. The van der Waals surface area contributed by atoms with Gasteiger partial charge in [-0.25, -0.2) is 4.90 Å². The Hall–Kier alpha value is -2.02. The number of carbonyl (C=O) groups is 2. The van der Waals surface area contributed by atoms with E-state index in [1.54, 1.807) is 13.8 Å². The Bertz CT molecular complexity index is 694. The maximum absolute atomic E-state index is 12.3. The summed E-state index contributed by atoms with van der Waals surface area (Å²) in [6.07, 6.45) is -4.56. The number of amides is 2. The molecule has 0 aliphatic carbocycles. The lowest BCUT2D eigenvalue weighted by molar-refractivity contribution is -0.153. The number of anilines is 1. The van der Waals surface area contributed by atoms with Crippen molar-refractivity contribution in [2.24, 2.45) is 0 Å². The van der Waals surface area contributed by atoms with Crippen LogP contribution in [0.4, 0.5) is 18.9 Å². The molecule has 1 aromatic rings. The van der Waals surface area contributed by atoms with Crippen LogP contribution in [0.2, 0.25) is 5.02 Å². The average Bonchev–Trinajstić information content (AvgIpc) is 2.73. The van der Waals surface area contributed by atoms with Gasteiger partial charge >= 0.3 is 6.18 Å². The molecule has 0 bridgehead atoms. The van der Waals surface area contributed by atoms with E-state index in [2.05, 4.69) is 4.74 Å². The Labute approximate surface area is 135 Å². The SMILES string of the molecule is CC(C)=C1CC(=O)N(c2ccc(Cl)c(OCC(F)(F)F)c2)C1=O. The molecule has 1 aliphatic heterocycles. The van der Waals surface area contributed by atoms with Crippen LogP contribution in [-0.2, 0) is 9.59 Å². The number of carbonyl (C=O) groups excluding carboxylic acids is 2. The van der Waals surface area contributed by atoms with Crippen LogP contribution >= 0.6 is 11.6 Å². The van der Waals surface area contributed by atoms with E-state index in [1.165, 1.54) is 12.1 Å². The first kappa shape index (κ1) is 17.3. The first-order chi connectivity index (χ1) is 10.6. The van der Waals surface area contributed by atoms with E-state index < -0.39 is 24.6 Å². The van der Waals surface area contributed by atoms with Crippen molar-refractivity contribution in [2.45, 2.75) is 26.4 Å². The van der Waals surface area contributed by atoms with Gasteiger partial charge in [-0.15, -0.1) is 0 Å². The van der Waals surface area contributed by atoms with Gasteiger partial charge in [-0.3, -0.25) is 9.59 Å². The highest BCUT2D eigenvalue weighted by Gasteiger charge is 2.36. The molecule has 1 saturated heterocycles. The first-order valence-electron chi connectivity index (χ1n) is 6.63.